The van der Waals surface area contributed by atoms with Crippen LogP contribution in [0.5, 0.6) is 0 Å². The van der Waals surface area contributed by atoms with Gasteiger partial charge in [0.15, 0.2) is 0 Å². The smallest absolute Gasteiger partial charge is 0.261 e. The quantitative estimate of drug-likeness (QED) is 0.0156. The van der Waals surface area contributed by atoms with Crippen molar-refractivity contribution in [3.8, 4) is 23.7 Å². The third kappa shape index (κ3) is 12.5. The van der Waals surface area contributed by atoms with Crippen molar-refractivity contribution in [1.82, 2.24) is 9.80 Å². The molecule has 2 aliphatic rings. The van der Waals surface area contributed by atoms with Gasteiger partial charge in [0.25, 0.3) is 23.6 Å². The molecule has 0 saturated heterocycles. The number of amides is 4. The molecule has 5 aromatic rings. The first-order valence-electron chi connectivity index (χ1n) is 28.6. The Bertz CT molecular complexity index is 2630. The van der Waals surface area contributed by atoms with Crippen molar-refractivity contribution in [3.63, 3.8) is 0 Å². The Labute approximate surface area is 430 Å². The number of hydrogen-bond acceptors (Lipinski definition) is 6. The molecule has 384 valence electrons. The first-order chi connectivity index (χ1) is 35.2. The minimum Gasteiger partial charge on any atom is -0.380 e. The Morgan fingerprint density at radius 3 is 1.03 bits per heavy atom. The molecule has 0 unspecified atom stereocenters. The van der Waals surface area contributed by atoms with Crippen molar-refractivity contribution in [1.29, 1.82) is 0 Å². The second-order valence-corrected chi connectivity index (χ2v) is 21.0. The predicted molar refractivity (Wildman–Crippen MR) is 296 cm³/mol. The molecule has 72 heavy (non-hydrogen) atoms. The SMILES string of the molecule is CCCCCCCCCCCCN1C(=O)c2ccc3c4c(C#C[C@H](O)CCCCC)cc5c6c(ccc(c7c(C#C[C@H](O)CCCCC)cc(c2c37)C1=O)c64)C(=O)N(CCCCCCCCCCCC)C5=O. The van der Waals surface area contributed by atoms with Crippen LogP contribution in [-0.2, 0) is 0 Å². The van der Waals surface area contributed by atoms with E-state index in [9.17, 15) is 29.4 Å². The van der Waals surface area contributed by atoms with Crippen LogP contribution in [0.1, 0.15) is 260 Å². The highest BCUT2D eigenvalue weighted by Gasteiger charge is 2.38. The summed E-state index contributed by atoms with van der Waals surface area (Å²) in [4.78, 5) is 61.6. The summed E-state index contributed by atoms with van der Waals surface area (Å²) in [5, 5.41) is 27.7. The zero-order valence-corrected chi connectivity index (χ0v) is 44.3. The third-order valence-corrected chi connectivity index (χ3v) is 15.4. The fourth-order valence-corrected chi connectivity index (χ4v) is 11.3. The number of benzene rings is 5. The van der Waals surface area contributed by atoms with Gasteiger partial charge < -0.3 is 10.2 Å². The number of fused-ring (bicyclic) bond motifs is 2. The zero-order chi connectivity index (χ0) is 51.0. The lowest BCUT2D eigenvalue weighted by atomic mass is 9.79. The van der Waals surface area contributed by atoms with Crippen molar-refractivity contribution in [3.05, 3.63) is 69.8 Å². The third-order valence-electron chi connectivity index (χ3n) is 15.4. The number of nitrogens with zero attached hydrogens (tertiary/aromatic N) is 2. The maximum Gasteiger partial charge on any atom is 0.261 e. The summed E-state index contributed by atoms with van der Waals surface area (Å²) in [6.07, 6.45) is 27.8. The molecular weight excluding hydrogens is 893 g/mol. The molecule has 8 heteroatoms. The van der Waals surface area contributed by atoms with E-state index >= 15 is 0 Å². The molecule has 7 rings (SSSR count). The molecule has 4 amide bonds. The van der Waals surface area contributed by atoms with Crippen LogP contribution < -0.4 is 0 Å². The lowest BCUT2D eigenvalue weighted by Gasteiger charge is -2.31. The average Bonchev–Trinajstić information content (AvgIpc) is 3.38. The maximum atomic E-state index is 14.8. The molecule has 0 bridgehead atoms. The zero-order valence-electron chi connectivity index (χ0n) is 44.3. The highest BCUT2D eigenvalue weighted by Crippen LogP contribution is 2.48. The number of aliphatic hydroxyl groups excluding tert-OH is 2. The van der Waals surface area contributed by atoms with E-state index in [2.05, 4.69) is 51.4 Å². The van der Waals surface area contributed by atoms with Gasteiger partial charge in [0.05, 0.1) is 0 Å². The first kappa shape index (κ1) is 54.5. The van der Waals surface area contributed by atoms with Crippen LogP contribution in [0.3, 0.4) is 0 Å². The Balaban J connectivity index is 1.32. The van der Waals surface area contributed by atoms with Crippen LogP contribution in [0, 0.1) is 23.7 Å². The maximum absolute atomic E-state index is 14.8. The fourth-order valence-electron chi connectivity index (χ4n) is 11.3. The molecule has 0 fully saturated rings. The highest BCUT2D eigenvalue weighted by atomic mass is 16.3. The van der Waals surface area contributed by atoms with Gasteiger partial charge in [-0.2, -0.15) is 0 Å². The number of unbranched alkanes of at least 4 members (excludes halogenated alkanes) is 22. The molecule has 2 atom stereocenters. The van der Waals surface area contributed by atoms with Gasteiger partial charge in [-0.1, -0.05) is 205 Å². The molecule has 0 aliphatic carbocycles. The lowest BCUT2D eigenvalue weighted by molar-refractivity contribution is 0.0592. The van der Waals surface area contributed by atoms with Gasteiger partial charge in [-0.05, 0) is 73.6 Å². The summed E-state index contributed by atoms with van der Waals surface area (Å²) < 4.78 is 0. The number of rotatable bonds is 30. The van der Waals surface area contributed by atoms with E-state index in [0.29, 0.717) is 91.6 Å². The number of carbonyl (C=O) groups excluding carboxylic acids is 4. The van der Waals surface area contributed by atoms with Gasteiger partial charge in [-0.15, -0.1) is 0 Å². The standard InChI is InChI=1S/C64H82N2O6/c1-5-9-13-15-17-19-21-23-25-29-41-65-61(69)51-39-37-49-56-46(34-36-48(68)32-28-12-8-4)44-54-58-52(62(70)66(64(54)72)42-30-26-24-22-20-18-16-14-10-6-2)40-38-50(60(56)58)55-45(33-35-47(67)31-27-11-7-3)43-53(63(65)71)57(51)59(49)55/h37-40,43-44,47-48,67-68H,5-32,41-42H2,1-4H3/t47-,48-/m1/s1. The number of aliphatic hydroxyl groups is 2. The number of carbonyl (C=O) groups is 4. The molecule has 0 aromatic heterocycles. The van der Waals surface area contributed by atoms with Crippen LogP contribution in [0.15, 0.2) is 36.4 Å². The molecule has 0 saturated carbocycles. The summed E-state index contributed by atoms with van der Waals surface area (Å²) in [6.45, 7) is 9.35. The Morgan fingerprint density at radius 2 is 0.681 bits per heavy atom. The Morgan fingerprint density at radius 1 is 0.375 bits per heavy atom. The average molecular weight is 975 g/mol. The van der Waals surface area contributed by atoms with Crippen LogP contribution in [0.4, 0.5) is 0 Å². The van der Waals surface area contributed by atoms with Gasteiger partial charge in [0, 0.05) is 78.8 Å². The summed E-state index contributed by atoms with van der Waals surface area (Å²) in [5.41, 5.74) is 2.74. The van der Waals surface area contributed by atoms with E-state index in [4.69, 9.17) is 0 Å². The second kappa shape index (κ2) is 27.1. The molecule has 0 spiro atoms. The van der Waals surface area contributed by atoms with Gasteiger partial charge >= 0.3 is 0 Å². The lowest BCUT2D eigenvalue weighted by Crippen LogP contribution is -2.41. The van der Waals surface area contributed by atoms with Crippen LogP contribution in [0.25, 0.3) is 43.1 Å². The molecule has 2 N–H and O–H groups in total. The number of imide groups is 2. The first-order valence-corrected chi connectivity index (χ1v) is 28.6. The van der Waals surface area contributed by atoms with E-state index in [-0.39, 0.29) is 23.6 Å². The minimum absolute atomic E-state index is 0.321. The molecular formula is C64H82N2O6. The van der Waals surface area contributed by atoms with E-state index in [1.165, 1.54) is 86.8 Å². The molecule has 2 heterocycles. The van der Waals surface area contributed by atoms with Crippen molar-refractivity contribution in [2.45, 2.75) is 220 Å². The monoisotopic (exact) mass is 975 g/mol. The Hall–Kier alpha value is -5.28. The van der Waals surface area contributed by atoms with Gasteiger partial charge in [0.2, 0.25) is 0 Å². The molecule has 0 radical (unpaired) electrons. The molecule has 8 nitrogen and oxygen atoms in total. The molecule has 5 aromatic carbocycles. The van der Waals surface area contributed by atoms with Crippen LogP contribution >= 0.6 is 0 Å². The van der Waals surface area contributed by atoms with E-state index in [1.807, 2.05) is 24.3 Å². The van der Waals surface area contributed by atoms with Crippen LogP contribution in [0.2, 0.25) is 0 Å². The van der Waals surface area contributed by atoms with Crippen molar-refractivity contribution >= 4 is 66.7 Å². The highest BCUT2D eigenvalue weighted by molar-refractivity contribution is 6.42. The molecule has 2 aliphatic heterocycles. The normalized spacial score (nSPS) is 14.2. The fraction of sp³-hybridized carbons (Fsp3) is 0.562. The van der Waals surface area contributed by atoms with Crippen LogP contribution in [-0.4, -0.2) is 68.9 Å². The summed E-state index contributed by atoms with van der Waals surface area (Å²) in [7, 11) is 0. The van der Waals surface area contributed by atoms with Gasteiger partial charge in [-0.25, -0.2) is 0 Å². The van der Waals surface area contributed by atoms with Crippen molar-refractivity contribution < 1.29 is 29.4 Å². The van der Waals surface area contributed by atoms with E-state index in [1.54, 1.807) is 12.1 Å². The van der Waals surface area contributed by atoms with Crippen molar-refractivity contribution in [2.24, 2.45) is 0 Å². The second-order valence-electron chi connectivity index (χ2n) is 21.0. The van der Waals surface area contributed by atoms with Crippen molar-refractivity contribution in [2.75, 3.05) is 13.1 Å². The van der Waals surface area contributed by atoms with E-state index in [0.717, 1.165) is 101 Å². The van der Waals surface area contributed by atoms with Gasteiger partial charge in [0.1, 0.15) is 12.2 Å². The summed E-state index contributed by atoms with van der Waals surface area (Å²) in [6, 6.07) is 11.1. The Kier molecular flexibility index (Phi) is 20.5. The number of hydrogen-bond donors (Lipinski definition) is 2. The summed E-state index contributed by atoms with van der Waals surface area (Å²) in [5.74, 6) is 11.5. The summed E-state index contributed by atoms with van der Waals surface area (Å²) >= 11 is 0. The minimum atomic E-state index is -0.885. The predicted octanol–water partition coefficient (Wildman–Crippen LogP) is 15.4. The van der Waals surface area contributed by atoms with Gasteiger partial charge in [-0.3, -0.25) is 29.0 Å². The topological polar surface area (TPSA) is 115 Å². The van der Waals surface area contributed by atoms with E-state index < -0.39 is 12.2 Å². The largest absolute Gasteiger partial charge is 0.380 e.